The maximum atomic E-state index is 6.62. The summed E-state index contributed by atoms with van der Waals surface area (Å²) in [5.74, 6) is 2.45. The third kappa shape index (κ3) is 4.36. The summed E-state index contributed by atoms with van der Waals surface area (Å²) < 4.78 is 15.1. The number of nitrogens with zero attached hydrogens (tertiary/aromatic N) is 4. The van der Waals surface area contributed by atoms with Crippen molar-refractivity contribution in [3.05, 3.63) is 127 Å². The Balaban J connectivity index is 1.13. The normalized spacial score (nSPS) is 13.4. The molecule has 6 heteroatoms. The van der Waals surface area contributed by atoms with E-state index in [0.717, 1.165) is 73.7 Å². The van der Waals surface area contributed by atoms with Gasteiger partial charge in [-0.2, -0.15) is 0 Å². The third-order valence-corrected chi connectivity index (χ3v) is 9.38. The first-order valence-corrected chi connectivity index (χ1v) is 16.0. The minimum absolute atomic E-state index is 0.0108. The van der Waals surface area contributed by atoms with Crippen LogP contribution in [0.2, 0.25) is 0 Å². The molecule has 6 nitrogen and oxygen atoms in total. The van der Waals surface area contributed by atoms with E-state index in [1.807, 2.05) is 24.4 Å². The summed E-state index contributed by atoms with van der Waals surface area (Å²) >= 11 is 0. The van der Waals surface area contributed by atoms with Crippen molar-refractivity contribution in [3.63, 3.8) is 0 Å². The summed E-state index contributed by atoms with van der Waals surface area (Å²) in [6.45, 7) is 7.43. The Bertz CT molecular complexity index is 2500. The number of pyridine rings is 1. The van der Waals surface area contributed by atoms with Crippen molar-refractivity contribution in [1.29, 1.82) is 0 Å². The van der Waals surface area contributed by atoms with E-state index in [1.54, 1.807) is 0 Å². The molecule has 0 fully saturated rings. The highest BCUT2D eigenvalue weighted by molar-refractivity contribution is 6.16. The summed E-state index contributed by atoms with van der Waals surface area (Å²) in [6, 6.07) is 40.0. The summed E-state index contributed by atoms with van der Waals surface area (Å²) in [5.41, 5.74) is 8.62. The molecule has 0 N–H and O–H groups in total. The highest BCUT2D eigenvalue weighted by Crippen LogP contribution is 2.48. The topological polar surface area (TPSA) is 46.7 Å². The number of ether oxygens (including phenoxy) is 1. The Morgan fingerprint density at radius 2 is 1.49 bits per heavy atom. The van der Waals surface area contributed by atoms with E-state index in [1.165, 1.54) is 16.6 Å². The van der Waals surface area contributed by atoms with E-state index in [0.29, 0.717) is 0 Å². The van der Waals surface area contributed by atoms with Crippen LogP contribution >= 0.6 is 0 Å². The van der Waals surface area contributed by atoms with Crippen molar-refractivity contribution >= 4 is 60.8 Å². The van der Waals surface area contributed by atoms with Crippen molar-refractivity contribution in [2.75, 3.05) is 23.5 Å². The predicted molar refractivity (Wildman–Crippen MR) is 193 cm³/mol. The Hall–Kier alpha value is -5.75. The van der Waals surface area contributed by atoms with Gasteiger partial charge in [-0.1, -0.05) is 63.2 Å². The van der Waals surface area contributed by atoms with Crippen LogP contribution in [0.25, 0.3) is 49.6 Å². The van der Waals surface area contributed by atoms with Crippen LogP contribution in [0.4, 0.5) is 17.1 Å². The lowest BCUT2D eigenvalue weighted by Crippen LogP contribution is -2.23. The molecule has 0 unspecified atom stereocenters. The van der Waals surface area contributed by atoms with Crippen molar-refractivity contribution in [1.82, 2.24) is 9.55 Å². The Morgan fingerprint density at radius 3 is 2.36 bits per heavy atom. The number of fused-ring (bicyclic) bond motifs is 8. The van der Waals surface area contributed by atoms with Crippen LogP contribution in [-0.2, 0) is 5.41 Å². The van der Waals surface area contributed by atoms with Crippen molar-refractivity contribution in [2.45, 2.75) is 26.2 Å². The number of benzene rings is 5. The second kappa shape index (κ2) is 10.1. The lowest BCUT2D eigenvalue weighted by atomic mass is 9.88. The first-order chi connectivity index (χ1) is 22.8. The van der Waals surface area contributed by atoms with Gasteiger partial charge in [0.25, 0.3) is 0 Å². The van der Waals surface area contributed by atoms with E-state index in [-0.39, 0.29) is 5.41 Å². The molecular weight excluding hydrogens is 580 g/mol. The molecule has 1 aliphatic heterocycles. The van der Waals surface area contributed by atoms with E-state index in [4.69, 9.17) is 14.1 Å². The quantitative estimate of drug-likeness (QED) is 0.197. The first-order valence-electron chi connectivity index (χ1n) is 16.0. The number of hydrogen-bond donors (Lipinski definition) is 0. The number of anilines is 3. The van der Waals surface area contributed by atoms with Crippen molar-refractivity contribution in [3.8, 4) is 17.3 Å². The maximum absolute atomic E-state index is 6.62. The number of rotatable bonds is 4. The monoisotopic (exact) mass is 614 g/mol. The summed E-state index contributed by atoms with van der Waals surface area (Å²) in [4.78, 5) is 9.46. The summed E-state index contributed by atoms with van der Waals surface area (Å²) in [5, 5.41) is 4.61. The smallest absolute Gasteiger partial charge is 0.137 e. The number of hydrogen-bond acceptors (Lipinski definition) is 5. The molecule has 5 aromatic carbocycles. The standard InChI is InChI=1S/C41H34N4O2/c1-41(2,3)26-20-21-42-38(22-26)45-33-14-7-5-12-30(33)31-17-16-29(24-35(31)45)46-28-11-9-10-27(23-28)44-25-43(4)34-18-19-37-39(40(34)44)32-13-6-8-15-36(32)47-37/h5-24H,25H2,1-4H3. The molecule has 8 aromatic rings. The molecule has 0 saturated carbocycles. The van der Waals surface area contributed by atoms with Crippen LogP contribution in [0.15, 0.2) is 126 Å². The average Bonchev–Trinajstić information content (AvgIpc) is 3.73. The Kier molecular flexibility index (Phi) is 5.94. The Labute approximate surface area is 273 Å². The molecule has 3 aromatic heterocycles. The lowest BCUT2D eigenvalue weighted by Gasteiger charge is -2.21. The molecule has 0 atom stereocenters. The van der Waals surface area contributed by atoms with Crippen LogP contribution in [0, 0.1) is 0 Å². The fourth-order valence-corrected chi connectivity index (χ4v) is 7.06. The van der Waals surface area contributed by atoms with Crippen LogP contribution < -0.4 is 14.5 Å². The zero-order valence-electron chi connectivity index (χ0n) is 26.9. The van der Waals surface area contributed by atoms with Crippen LogP contribution in [0.3, 0.4) is 0 Å². The van der Waals surface area contributed by atoms with Gasteiger partial charge < -0.3 is 19.0 Å². The van der Waals surface area contributed by atoms with Gasteiger partial charge >= 0.3 is 0 Å². The van der Waals surface area contributed by atoms with Crippen LogP contribution in [0.5, 0.6) is 11.5 Å². The zero-order valence-corrected chi connectivity index (χ0v) is 26.9. The van der Waals surface area contributed by atoms with Crippen molar-refractivity contribution in [2.24, 2.45) is 0 Å². The molecule has 0 aliphatic carbocycles. The van der Waals surface area contributed by atoms with Gasteiger partial charge in [-0.25, -0.2) is 4.98 Å². The molecule has 0 radical (unpaired) electrons. The van der Waals surface area contributed by atoms with Gasteiger partial charge in [-0.05, 0) is 71.6 Å². The Morgan fingerprint density at radius 1 is 0.702 bits per heavy atom. The zero-order chi connectivity index (χ0) is 31.9. The SMILES string of the molecule is CN1CN(c2cccc(Oc3ccc4c5ccccc5n(-c5cc(C(C)(C)C)ccn5)c4c3)c2)c2c1ccc1oc3ccccc3c21. The van der Waals surface area contributed by atoms with Gasteiger partial charge in [-0.15, -0.1) is 0 Å². The average molecular weight is 615 g/mol. The molecule has 9 rings (SSSR count). The number of para-hydroxylation sites is 2. The number of aromatic nitrogens is 2. The lowest BCUT2D eigenvalue weighted by molar-refractivity contribution is 0.483. The van der Waals surface area contributed by atoms with Gasteiger partial charge in [0, 0.05) is 47.2 Å². The first kappa shape index (κ1) is 27.6. The van der Waals surface area contributed by atoms with Gasteiger partial charge in [0.1, 0.15) is 28.5 Å². The molecule has 0 spiro atoms. The minimum Gasteiger partial charge on any atom is -0.457 e. The van der Waals surface area contributed by atoms with E-state index in [9.17, 15) is 0 Å². The molecule has 4 heterocycles. The number of furan rings is 1. The van der Waals surface area contributed by atoms with E-state index < -0.39 is 0 Å². The van der Waals surface area contributed by atoms with E-state index in [2.05, 4.69) is 139 Å². The molecule has 0 saturated heterocycles. The van der Waals surface area contributed by atoms with Crippen LogP contribution in [-0.4, -0.2) is 23.3 Å². The highest BCUT2D eigenvalue weighted by atomic mass is 16.5. The van der Waals surface area contributed by atoms with Gasteiger partial charge in [0.05, 0.1) is 34.5 Å². The third-order valence-electron chi connectivity index (χ3n) is 9.38. The fraction of sp³-hybridized carbons (Fsp3) is 0.146. The van der Waals surface area contributed by atoms with Gasteiger partial charge in [0.2, 0.25) is 0 Å². The molecular formula is C41H34N4O2. The van der Waals surface area contributed by atoms with Crippen molar-refractivity contribution < 1.29 is 9.15 Å². The molecule has 47 heavy (non-hydrogen) atoms. The summed E-state index contributed by atoms with van der Waals surface area (Å²) in [6.07, 6.45) is 1.91. The van der Waals surface area contributed by atoms with E-state index >= 15 is 0 Å². The van der Waals surface area contributed by atoms with Gasteiger partial charge in [-0.3, -0.25) is 4.57 Å². The molecule has 1 aliphatic rings. The largest absolute Gasteiger partial charge is 0.457 e. The fourth-order valence-electron chi connectivity index (χ4n) is 7.06. The van der Waals surface area contributed by atoms with Gasteiger partial charge in [0.15, 0.2) is 0 Å². The minimum atomic E-state index is 0.0108. The highest BCUT2D eigenvalue weighted by Gasteiger charge is 2.29. The summed E-state index contributed by atoms with van der Waals surface area (Å²) in [7, 11) is 2.13. The second-order valence-electron chi connectivity index (χ2n) is 13.5. The maximum Gasteiger partial charge on any atom is 0.137 e. The second-order valence-corrected chi connectivity index (χ2v) is 13.5. The molecule has 230 valence electrons. The van der Waals surface area contributed by atoms with Crippen LogP contribution in [0.1, 0.15) is 26.3 Å². The predicted octanol–water partition coefficient (Wildman–Crippen LogP) is 10.7. The molecule has 0 amide bonds. The molecule has 0 bridgehead atoms.